The Morgan fingerprint density at radius 1 is 1.11 bits per heavy atom. The summed E-state index contributed by atoms with van der Waals surface area (Å²) >= 11 is 0. The predicted molar refractivity (Wildman–Crippen MR) is 170 cm³/mol. The summed E-state index contributed by atoms with van der Waals surface area (Å²) in [5.74, 6) is 0.303. The molecule has 3 aromatic heterocycles. The molecule has 0 saturated carbocycles. The molecule has 1 fully saturated rings. The number of halogens is 3. The van der Waals surface area contributed by atoms with Gasteiger partial charge in [0.25, 0.3) is 12.3 Å². The highest BCUT2D eigenvalue weighted by Crippen LogP contribution is 2.34. The van der Waals surface area contributed by atoms with E-state index in [1.807, 2.05) is 42.3 Å². The topological polar surface area (TPSA) is 99.2 Å². The van der Waals surface area contributed by atoms with Gasteiger partial charge in [-0.15, -0.1) is 0 Å². The van der Waals surface area contributed by atoms with Crippen LogP contribution >= 0.6 is 0 Å². The Labute approximate surface area is 261 Å². The average Bonchev–Trinajstić information content (AvgIpc) is 3.06. The van der Waals surface area contributed by atoms with Crippen LogP contribution in [0, 0.1) is 5.82 Å². The number of piperidine rings is 1. The molecule has 0 spiro atoms. The summed E-state index contributed by atoms with van der Waals surface area (Å²) in [5, 5.41) is 6.43. The van der Waals surface area contributed by atoms with E-state index < -0.39 is 23.6 Å². The fourth-order valence-corrected chi connectivity index (χ4v) is 5.97. The Balaban J connectivity index is 1.29. The molecule has 5 rings (SSSR count). The van der Waals surface area contributed by atoms with Gasteiger partial charge in [0, 0.05) is 68.4 Å². The maximum atomic E-state index is 14.6. The third-order valence-electron chi connectivity index (χ3n) is 8.97. The number of anilines is 2. The fraction of sp³-hybridized carbons (Fsp3) is 0.424. The van der Waals surface area contributed by atoms with E-state index in [4.69, 9.17) is 0 Å². The molecule has 238 valence electrons. The van der Waals surface area contributed by atoms with Crippen molar-refractivity contribution < 1.29 is 18.0 Å². The lowest BCUT2D eigenvalue weighted by Gasteiger charge is -2.37. The maximum absolute atomic E-state index is 14.6. The van der Waals surface area contributed by atoms with E-state index in [9.17, 15) is 18.0 Å². The number of alkyl halides is 2. The number of hydrogen-bond acceptors (Lipinski definition) is 8. The lowest BCUT2D eigenvalue weighted by molar-refractivity contribution is 0.0754. The highest BCUT2D eigenvalue weighted by molar-refractivity contribution is 6.06. The van der Waals surface area contributed by atoms with Gasteiger partial charge in [-0.05, 0) is 37.0 Å². The molecule has 0 bridgehead atoms. The highest BCUT2D eigenvalue weighted by Gasteiger charge is 2.29. The van der Waals surface area contributed by atoms with Crippen molar-refractivity contribution in [1.29, 1.82) is 0 Å². The Morgan fingerprint density at radius 3 is 2.56 bits per heavy atom. The van der Waals surface area contributed by atoms with Crippen molar-refractivity contribution in [3.63, 3.8) is 0 Å². The number of nitrogens with zero attached hydrogens (tertiary/aromatic N) is 6. The van der Waals surface area contributed by atoms with E-state index in [0.717, 1.165) is 42.4 Å². The number of aromatic nitrogens is 4. The standard InChI is InChI=1S/C33H39F3N8O/c1-5-33(2,24-8-6-7-23-30(32(45)37-3)25(34)17-39-31(23)24)19-40-28-15-26(41-20-42-28)21-9-10-29(38-16-21)43(4)22-11-13-44(14-12-22)18-27(35)36/h6-10,15-17,20,22,27H,5,11-14,18-19H2,1-4H3,(H,37,45)(H,40,41,42)/t33-/m1/s1. The van der Waals surface area contributed by atoms with E-state index in [1.165, 1.54) is 13.4 Å². The number of fused-ring (bicyclic) bond motifs is 1. The van der Waals surface area contributed by atoms with Crippen LogP contribution in [0.25, 0.3) is 22.2 Å². The van der Waals surface area contributed by atoms with Crippen LogP contribution in [0.4, 0.5) is 24.8 Å². The number of para-hydroxylation sites is 1. The predicted octanol–water partition coefficient (Wildman–Crippen LogP) is 5.53. The molecule has 1 aliphatic heterocycles. The third kappa shape index (κ3) is 7.00. The smallest absolute Gasteiger partial charge is 0.254 e. The number of likely N-dealkylation sites (tertiary alicyclic amines) is 1. The highest BCUT2D eigenvalue weighted by atomic mass is 19.3. The molecule has 12 heteroatoms. The molecule has 1 aromatic carbocycles. The first-order valence-corrected chi connectivity index (χ1v) is 15.2. The second-order valence-corrected chi connectivity index (χ2v) is 11.8. The zero-order valence-corrected chi connectivity index (χ0v) is 26.0. The quantitative estimate of drug-likeness (QED) is 0.226. The molecule has 0 unspecified atom stereocenters. The normalized spacial score (nSPS) is 15.6. The van der Waals surface area contributed by atoms with Gasteiger partial charge in [-0.3, -0.25) is 14.7 Å². The van der Waals surface area contributed by atoms with Crippen LogP contribution in [0.3, 0.4) is 0 Å². The van der Waals surface area contributed by atoms with Gasteiger partial charge >= 0.3 is 0 Å². The molecule has 1 amide bonds. The molecule has 45 heavy (non-hydrogen) atoms. The fourth-order valence-electron chi connectivity index (χ4n) is 5.97. The molecule has 1 aliphatic rings. The molecule has 9 nitrogen and oxygen atoms in total. The molecular formula is C33H39F3N8O. The molecule has 0 aliphatic carbocycles. The van der Waals surface area contributed by atoms with Gasteiger partial charge in [0.2, 0.25) is 0 Å². The average molecular weight is 621 g/mol. The monoisotopic (exact) mass is 620 g/mol. The van der Waals surface area contributed by atoms with Crippen LogP contribution in [-0.2, 0) is 5.41 Å². The van der Waals surface area contributed by atoms with Gasteiger partial charge in [0.1, 0.15) is 18.0 Å². The zero-order valence-electron chi connectivity index (χ0n) is 26.0. The molecule has 1 atom stereocenters. The summed E-state index contributed by atoms with van der Waals surface area (Å²) in [6.45, 7) is 5.81. The first-order chi connectivity index (χ1) is 21.6. The van der Waals surface area contributed by atoms with Crippen molar-refractivity contribution in [2.24, 2.45) is 0 Å². The Bertz CT molecular complexity index is 1630. The summed E-state index contributed by atoms with van der Waals surface area (Å²) in [4.78, 5) is 34.4. The van der Waals surface area contributed by atoms with Gasteiger partial charge in [0.15, 0.2) is 5.82 Å². The summed E-state index contributed by atoms with van der Waals surface area (Å²) in [6.07, 6.45) is 4.46. The molecule has 4 heterocycles. The van der Waals surface area contributed by atoms with Crippen molar-refractivity contribution in [3.8, 4) is 11.3 Å². The van der Waals surface area contributed by atoms with Crippen molar-refractivity contribution in [2.75, 3.05) is 50.5 Å². The molecule has 1 saturated heterocycles. The van der Waals surface area contributed by atoms with Gasteiger partial charge in [-0.2, -0.15) is 0 Å². The van der Waals surface area contributed by atoms with E-state index in [0.29, 0.717) is 42.0 Å². The first kappa shape index (κ1) is 32.1. The van der Waals surface area contributed by atoms with E-state index in [2.05, 4.69) is 49.3 Å². The number of benzene rings is 1. The molecule has 4 aromatic rings. The summed E-state index contributed by atoms with van der Waals surface area (Å²) < 4.78 is 40.1. The second kappa shape index (κ2) is 13.8. The maximum Gasteiger partial charge on any atom is 0.254 e. The molecular weight excluding hydrogens is 581 g/mol. The lowest BCUT2D eigenvalue weighted by atomic mass is 9.78. The van der Waals surface area contributed by atoms with Crippen LogP contribution < -0.4 is 15.5 Å². The lowest BCUT2D eigenvalue weighted by Crippen LogP contribution is -2.45. The molecule has 2 N–H and O–H groups in total. The van der Waals surface area contributed by atoms with E-state index >= 15 is 0 Å². The van der Waals surface area contributed by atoms with Gasteiger partial charge < -0.3 is 15.5 Å². The summed E-state index contributed by atoms with van der Waals surface area (Å²) in [6, 6.07) is 11.5. The van der Waals surface area contributed by atoms with Crippen LogP contribution in [-0.4, -0.2) is 83.5 Å². The number of rotatable bonds is 11. The SMILES string of the molecule is CC[C@](C)(CNc1cc(-c2ccc(N(C)C3CCN(CC(F)F)CC3)nc2)ncn1)c1cccc2c(C(=O)NC)c(F)cnc12. The summed E-state index contributed by atoms with van der Waals surface area (Å²) in [7, 11) is 3.47. The minimum absolute atomic E-state index is 0.0164. The number of hydrogen-bond donors (Lipinski definition) is 2. The minimum atomic E-state index is -2.30. The van der Waals surface area contributed by atoms with Gasteiger partial charge in [0.05, 0.1) is 29.5 Å². The molecule has 0 radical (unpaired) electrons. The van der Waals surface area contributed by atoms with Crippen molar-refractivity contribution in [3.05, 3.63) is 72.1 Å². The minimum Gasteiger partial charge on any atom is -0.369 e. The number of nitrogens with one attached hydrogen (secondary N) is 2. The summed E-state index contributed by atoms with van der Waals surface area (Å²) in [5.41, 5.74) is 2.60. The third-order valence-corrected chi connectivity index (χ3v) is 8.97. The number of carbonyl (C=O) groups excluding carboxylic acids is 1. The Kier molecular flexibility index (Phi) is 9.81. The number of amides is 1. The Hall–Kier alpha value is -4.32. The first-order valence-electron chi connectivity index (χ1n) is 15.2. The van der Waals surface area contributed by atoms with Crippen molar-refractivity contribution in [1.82, 2.24) is 30.2 Å². The number of pyridine rings is 2. The number of carbonyl (C=O) groups is 1. The van der Waals surface area contributed by atoms with Crippen LogP contribution in [0.5, 0.6) is 0 Å². The zero-order chi connectivity index (χ0) is 32.1. The Morgan fingerprint density at radius 2 is 1.89 bits per heavy atom. The van der Waals surface area contributed by atoms with Crippen molar-refractivity contribution >= 4 is 28.4 Å². The second-order valence-electron chi connectivity index (χ2n) is 11.8. The van der Waals surface area contributed by atoms with E-state index in [1.54, 1.807) is 12.3 Å². The van der Waals surface area contributed by atoms with Gasteiger partial charge in [-0.1, -0.05) is 32.0 Å². The van der Waals surface area contributed by atoms with Crippen LogP contribution in [0.15, 0.2) is 55.1 Å². The van der Waals surface area contributed by atoms with Crippen molar-refractivity contribution in [2.45, 2.75) is 51.0 Å². The van der Waals surface area contributed by atoms with E-state index in [-0.39, 0.29) is 18.2 Å². The van der Waals surface area contributed by atoms with Crippen LogP contribution in [0.1, 0.15) is 49.0 Å². The van der Waals surface area contributed by atoms with Crippen LogP contribution in [0.2, 0.25) is 0 Å². The van der Waals surface area contributed by atoms with Gasteiger partial charge in [-0.25, -0.2) is 28.1 Å². The largest absolute Gasteiger partial charge is 0.369 e.